The van der Waals surface area contributed by atoms with Crippen molar-refractivity contribution in [2.24, 2.45) is 23.7 Å². The monoisotopic (exact) mass is 1170 g/mol. The first-order chi connectivity index (χ1) is 38.5. The number of rotatable bonds is 12. The maximum atomic E-state index is 15.1. The van der Waals surface area contributed by atoms with Gasteiger partial charge in [0.15, 0.2) is 0 Å². The Balaban J connectivity index is 2.88. The van der Waals surface area contributed by atoms with E-state index in [9.17, 15) is 53.4 Å². The third-order valence-electron chi connectivity index (χ3n) is 15.2. The summed E-state index contributed by atoms with van der Waals surface area (Å²) in [6.45, 7) is 19.0. The van der Waals surface area contributed by atoms with Crippen LogP contribution in [0.1, 0.15) is 114 Å². The van der Waals surface area contributed by atoms with Crippen molar-refractivity contribution in [1.29, 1.82) is 0 Å². The first kappa shape index (κ1) is 72.0. The maximum absolute atomic E-state index is 15.1. The van der Waals surface area contributed by atoms with Crippen molar-refractivity contribution in [3.8, 4) is 5.75 Å². The van der Waals surface area contributed by atoms with Crippen molar-refractivity contribution in [1.82, 2.24) is 55.6 Å². The molecule has 1 heterocycles. The van der Waals surface area contributed by atoms with Crippen LogP contribution in [-0.2, 0) is 59.2 Å². The van der Waals surface area contributed by atoms with Crippen molar-refractivity contribution in [3.63, 3.8) is 0 Å². The van der Waals surface area contributed by atoms with E-state index >= 15 is 9.59 Å². The van der Waals surface area contributed by atoms with Crippen LogP contribution in [0.25, 0.3) is 0 Å². The molecule has 0 radical (unpaired) electrons. The first-order valence-corrected chi connectivity index (χ1v) is 28.6. The van der Waals surface area contributed by atoms with E-state index < -0.39 is 150 Å². The molecule has 6 N–H and O–H groups in total. The highest BCUT2D eigenvalue weighted by Crippen LogP contribution is 2.25. The number of hydrogen-bond donors (Lipinski definition) is 6. The van der Waals surface area contributed by atoms with E-state index in [1.807, 2.05) is 27.7 Å². The van der Waals surface area contributed by atoms with E-state index in [4.69, 9.17) is 0 Å². The summed E-state index contributed by atoms with van der Waals surface area (Å²) < 4.78 is 0. The van der Waals surface area contributed by atoms with Crippen LogP contribution in [0.2, 0.25) is 0 Å². The minimum absolute atomic E-state index is 0.00811. The number of carbonyl (C=O) groups is 11. The van der Waals surface area contributed by atoms with E-state index in [1.165, 1.54) is 96.9 Å². The van der Waals surface area contributed by atoms with Crippen LogP contribution < -0.4 is 21.3 Å². The minimum Gasteiger partial charge on any atom is -0.508 e. The Hall–Kier alpha value is -7.11. The molecular weight excluding hydrogens is 1070 g/mol. The fourth-order valence-electron chi connectivity index (χ4n) is 10.0. The van der Waals surface area contributed by atoms with Crippen molar-refractivity contribution in [3.05, 3.63) is 42.0 Å². The van der Waals surface area contributed by atoms with Crippen LogP contribution >= 0.6 is 0 Å². The Kier molecular flexibility index (Phi) is 28.3. The van der Waals surface area contributed by atoms with Gasteiger partial charge in [-0.25, -0.2) is 0 Å². The molecule has 1 aliphatic heterocycles. The molecule has 1 saturated heterocycles. The Bertz CT molecular complexity index is 2470. The van der Waals surface area contributed by atoms with Gasteiger partial charge >= 0.3 is 0 Å². The van der Waals surface area contributed by atoms with Crippen LogP contribution in [0.5, 0.6) is 5.75 Å². The second kappa shape index (κ2) is 32.7. The van der Waals surface area contributed by atoms with Gasteiger partial charge in [-0.3, -0.25) is 52.7 Å². The molecule has 1 fully saturated rings. The van der Waals surface area contributed by atoms with E-state index in [2.05, 4.69) is 21.3 Å². The van der Waals surface area contributed by atoms with Gasteiger partial charge < -0.3 is 65.8 Å². The topological polar surface area (TPSA) is 299 Å². The van der Waals surface area contributed by atoms with Gasteiger partial charge in [0.1, 0.15) is 60.1 Å². The Morgan fingerprint density at radius 1 is 0.542 bits per heavy atom. The van der Waals surface area contributed by atoms with Crippen LogP contribution in [0, 0.1) is 23.7 Å². The average molecular weight is 1170 g/mol. The molecule has 0 spiro atoms. The fourth-order valence-corrected chi connectivity index (χ4v) is 10.0. The third kappa shape index (κ3) is 20.0. The summed E-state index contributed by atoms with van der Waals surface area (Å²) in [5.74, 6) is -9.59. The molecule has 0 unspecified atom stereocenters. The van der Waals surface area contributed by atoms with E-state index in [0.717, 1.165) is 19.6 Å². The lowest BCUT2D eigenvalue weighted by Gasteiger charge is -2.41. The number of phenols is 1. The summed E-state index contributed by atoms with van der Waals surface area (Å²) >= 11 is 0. The fraction of sp³-hybridized carbons (Fsp3) is 0.678. The van der Waals surface area contributed by atoms with Crippen molar-refractivity contribution < 1.29 is 63.0 Å². The maximum Gasteiger partial charge on any atom is 0.246 e. The molecule has 11 amide bonds. The van der Waals surface area contributed by atoms with Crippen molar-refractivity contribution in [2.75, 3.05) is 62.4 Å². The van der Waals surface area contributed by atoms with Gasteiger partial charge in [-0.15, -0.1) is 0 Å². The normalized spacial score (nSPS) is 26.1. The number of phenolic OH excluding ortho intramolecular Hbond substituents is 1. The lowest BCUT2D eigenvalue weighted by atomic mass is 9.91. The second-order valence-electron chi connectivity index (χ2n) is 23.5. The molecule has 1 aromatic carbocycles. The summed E-state index contributed by atoms with van der Waals surface area (Å²) in [5, 5.41) is 32.5. The number of benzene rings is 1. The van der Waals surface area contributed by atoms with E-state index in [0.29, 0.717) is 12.0 Å². The minimum atomic E-state index is -1.63. The number of allylic oxidation sites excluding steroid dienone is 2. The van der Waals surface area contributed by atoms with Crippen molar-refractivity contribution in [2.45, 2.75) is 176 Å². The summed E-state index contributed by atoms with van der Waals surface area (Å²) in [5.41, 5.74) is 0.516. The molecule has 1 aliphatic rings. The summed E-state index contributed by atoms with van der Waals surface area (Å²) in [4.78, 5) is 165. The van der Waals surface area contributed by atoms with Crippen LogP contribution in [0.4, 0.5) is 0 Å². The number of nitrogens with zero attached hydrogens (tertiary/aromatic N) is 7. The zero-order valence-corrected chi connectivity index (χ0v) is 52.5. The van der Waals surface area contributed by atoms with Crippen LogP contribution in [0.3, 0.4) is 0 Å². The van der Waals surface area contributed by atoms with Crippen LogP contribution in [-0.4, -0.2) is 232 Å². The zero-order chi connectivity index (χ0) is 63.7. The largest absolute Gasteiger partial charge is 0.508 e. The molecule has 24 heteroatoms. The highest BCUT2D eigenvalue weighted by Gasteiger charge is 2.45. The van der Waals surface area contributed by atoms with Gasteiger partial charge in [0, 0.05) is 55.8 Å². The molecule has 1 aromatic rings. The lowest BCUT2D eigenvalue weighted by molar-refractivity contribution is -0.157. The van der Waals surface area contributed by atoms with E-state index in [-0.39, 0.29) is 43.3 Å². The number of aliphatic hydroxyl groups excluding tert-OH is 1. The molecular formula is C59H97N11O13. The molecule has 0 aliphatic carbocycles. The third-order valence-corrected chi connectivity index (χ3v) is 15.2. The summed E-state index contributed by atoms with van der Waals surface area (Å²) in [7, 11) is 9.59. The number of carbonyl (C=O) groups excluding carboxylic acids is 11. The number of amides is 11. The van der Waals surface area contributed by atoms with Gasteiger partial charge in [0.2, 0.25) is 65.0 Å². The van der Waals surface area contributed by atoms with Gasteiger partial charge in [-0.05, 0) is 94.7 Å². The number of aromatic hydroxyl groups is 1. The first-order valence-electron chi connectivity index (χ1n) is 28.6. The molecule has 83 heavy (non-hydrogen) atoms. The molecule has 2 rings (SSSR count). The highest BCUT2D eigenvalue weighted by atomic mass is 16.3. The average Bonchev–Trinajstić information content (AvgIpc) is 3.61. The predicted octanol–water partition coefficient (Wildman–Crippen LogP) is 1.12. The van der Waals surface area contributed by atoms with E-state index in [1.54, 1.807) is 58.9 Å². The SMILES string of the molecule is C/C=C/C[C@@H](C)[C@@H](O)[C@H]1C(=O)N[C@@H](CC)C(=O)N(C)CC(=O)N(C)[C@@H](Cc2ccc(O)cc2)C(=O)N[C@@H](C)C(=O)N(C)CC(=O)N[C@@H](C)C(=O)N[C@H](C)C(=O)N(C)[C@@H](CC(C)C)C(=O)N(C)[C@H](CC(C)C)C(=O)N(C)[C@@H](C(C)C)C(=O)N1C. The quantitative estimate of drug-likeness (QED) is 0.160. The Morgan fingerprint density at radius 3 is 1.53 bits per heavy atom. The van der Waals surface area contributed by atoms with Crippen LogP contribution in [0.15, 0.2) is 36.4 Å². The molecule has 11 atom stereocenters. The highest BCUT2D eigenvalue weighted by molar-refractivity contribution is 5.99. The summed E-state index contributed by atoms with van der Waals surface area (Å²) in [6.07, 6.45) is 2.50. The molecule has 0 aromatic heterocycles. The molecule has 0 saturated carbocycles. The zero-order valence-electron chi connectivity index (χ0n) is 52.5. The smallest absolute Gasteiger partial charge is 0.246 e. The van der Waals surface area contributed by atoms with Gasteiger partial charge in [0.05, 0.1) is 19.2 Å². The molecule has 24 nitrogen and oxygen atoms in total. The molecule has 466 valence electrons. The number of nitrogens with one attached hydrogen (secondary N) is 4. The standard InChI is InChI=1S/C59H97N11O13/c1-20-22-23-36(9)50(74)49-53(77)63-42(21-2)56(80)65(14)32-47(73)66(15)43(30-40-24-26-41(71)27-25-40)52(76)62-38(11)54(78)64(13)31-46(72)60-37(10)51(75)61-39(12)55(79)67(16)44(28-33(3)4)57(81)68(17)45(29-34(5)6)58(82)69(18)48(35(7)8)59(83)70(49)19/h20,22,24-27,33-39,42-45,48-50,71,74H,21,23,28-32H2,1-19H3,(H,60,72)(H,61,75)(H,62,76)(H,63,77)/b22-20+/t36-,37+,38+,39-,42+,43+,44+,45-,48+,49+,50-/m1/s1. The Labute approximate surface area is 491 Å². The molecule has 0 bridgehead atoms. The lowest BCUT2D eigenvalue weighted by Crippen LogP contribution is -2.63. The summed E-state index contributed by atoms with van der Waals surface area (Å²) in [6, 6.07) is -5.66. The number of aliphatic hydroxyl groups is 1. The van der Waals surface area contributed by atoms with Gasteiger partial charge in [0.25, 0.3) is 0 Å². The van der Waals surface area contributed by atoms with Gasteiger partial charge in [-0.1, -0.05) is 79.7 Å². The predicted molar refractivity (Wildman–Crippen MR) is 313 cm³/mol. The van der Waals surface area contributed by atoms with Gasteiger partial charge in [-0.2, -0.15) is 0 Å². The number of hydrogen-bond acceptors (Lipinski definition) is 13. The number of likely N-dealkylation sites (N-methyl/N-ethyl adjacent to an activating group) is 7. The van der Waals surface area contributed by atoms with Crippen molar-refractivity contribution >= 4 is 65.0 Å². The Morgan fingerprint density at radius 2 is 1.02 bits per heavy atom. The second-order valence-corrected chi connectivity index (χ2v) is 23.5.